The summed E-state index contributed by atoms with van der Waals surface area (Å²) in [6.45, 7) is 5.23. The smallest absolute Gasteiger partial charge is 0.111 e. The van der Waals surface area contributed by atoms with E-state index in [0.29, 0.717) is 5.41 Å². The van der Waals surface area contributed by atoms with Crippen LogP contribution in [0.2, 0.25) is 0 Å². The lowest BCUT2D eigenvalue weighted by Gasteiger charge is -2.22. The van der Waals surface area contributed by atoms with Gasteiger partial charge in [0.1, 0.15) is 5.00 Å². The zero-order valence-corrected chi connectivity index (χ0v) is 8.68. The molecule has 1 unspecified atom stereocenters. The van der Waals surface area contributed by atoms with Crippen LogP contribution in [0.3, 0.4) is 0 Å². The molecule has 0 aliphatic carbocycles. The first-order valence-corrected chi connectivity index (χ1v) is 5.37. The molecule has 1 atom stereocenters. The molecule has 1 aromatic heterocycles. The van der Waals surface area contributed by atoms with Gasteiger partial charge >= 0.3 is 0 Å². The third kappa shape index (κ3) is 1.69. The molecule has 13 heavy (non-hydrogen) atoms. The number of aromatic nitrogens is 1. The van der Waals surface area contributed by atoms with E-state index in [1.54, 1.807) is 11.5 Å². The van der Waals surface area contributed by atoms with Crippen LogP contribution in [0.1, 0.15) is 13.3 Å². The summed E-state index contributed by atoms with van der Waals surface area (Å²) in [5, 5.41) is 1.28. The van der Waals surface area contributed by atoms with Gasteiger partial charge in [-0.3, -0.25) is 0 Å². The van der Waals surface area contributed by atoms with Gasteiger partial charge in [0.25, 0.3) is 0 Å². The average Bonchev–Trinajstić information content (AvgIpc) is 2.73. The van der Waals surface area contributed by atoms with Crippen LogP contribution in [0, 0.1) is 5.41 Å². The topological polar surface area (TPSA) is 42.1 Å². The number of nitrogens with zero attached hydrogens (tertiary/aromatic N) is 2. The lowest BCUT2D eigenvalue weighted by atomic mass is 9.90. The Kier molecular flexibility index (Phi) is 2.26. The van der Waals surface area contributed by atoms with Crippen molar-refractivity contribution >= 4 is 16.5 Å². The van der Waals surface area contributed by atoms with Crippen molar-refractivity contribution in [3.8, 4) is 0 Å². The van der Waals surface area contributed by atoms with E-state index in [0.717, 1.165) is 19.6 Å². The molecule has 1 saturated heterocycles. The number of rotatable bonds is 2. The highest BCUT2D eigenvalue weighted by Crippen LogP contribution is 2.33. The van der Waals surface area contributed by atoms with E-state index in [4.69, 9.17) is 5.73 Å². The largest absolute Gasteiger partial charge is 0.362 e. The van der Waals surface area contributed by atoms with Gasteiger partial charge in [0.2, 0.25) is 0 Å². The molecule has 4 heteroatoms. The van der Waals surface area contributed by atoms with E-state index in [1.165, 1.54) is 11.4 Å². The summed E-state index contributed by atoms with van der Waals surface area (Å²) in [6, 6.07) is 2.08. The first-order chi connectivity index (χ1) is 6.23. The third-order valence-electron chi connectivity index (χ3n) is 2.79. The van der Waals surface area contributed by atoms with Gasteiger partial charge in [-0.05, 0) is 36.0 Å². The zero-order valence-electron chi connectivity index (χ0n) is 7.86. The van der Waals surface area contributed by atoms with Crippen LogP contribution in [0.5, 0.6) is 0 Å². The van der Waals surface area contributed by atoms with Gasteiger partial charge < -0.3 is 10.6 Å². The highest BCUT2D eigenvalue weighted by molar-refractivity contribution is 7.10. The van der Waals surface area contributed by atoms with E-state index < -0.39 is 0 Å². The molecule has 0 radical (unpaired) electrons. The zero-order chi connectivity index (χ0) is 9.31. The normalized spacial score (nSPS) is 28.3. The maximum absolute atomic E-state index is 5.74. The summed E-state index contributed by atoms with van der Waals surface area (Å²) in [7, 11) is 0. The second-order valence-corrected chi connectivity index (χ2v) is 4.85. The molecule has 1 aliphatic heterocycles. The predicted molar refractivity (Wildman–Crippen MR) is 56.1 cm³/mol. The van der Waals surface area contributed by atoms with Crippen molar-refractivity contribution in [2.75, 3.05) is 24.5 Å². The minimum Gasteiger partial charge on any atom is -0.362 e. The quantitative estimate of drug-likeness (QED) is 0.777. The molecule has 0 amide bonds. The third-order valence-corrected chi connectivity index (χ3v) is 3.59. The van der Waals surface area contributed by atoms with Crippen LogP contribution >= 0.6 is 11.5 Å². The van der Waals surface area contributed by atoms with Gasteiger partial charge in [-0.1, -0.05) is 6.92 Å². The first kappa shape index (κ1) is 8.97. The highest BCUT2D eigenvalue weighted by atomic mass is 32.1. The Morgan fingerprint density at radius 3 is 3.15 bits per heavy atom. The minimum atomic E-state index is 0.310. The highest BCUT2D eigenvalue weighted by Gasteiger charge is 2.32. The molecule has 0 saturated carbocycles. The van der Waals surface area contributed by atoms with E-state index in [9.17, 15) is 0 Å². The predicted octanol–water partition coefficient (Wildman–Crippen LogP) is 1.32. The van der Waals surface area contributed by atoms with Crippen LogP contribution in [-0.2, 0) is 0 Å². The maximum atomic E-state index is 5.74. The lowest BCUT2D eigenvalue weighted by molar-refractivity contribution is 0.383. The van der Waals surface area contributed by atoms with Crippen LogP contribution in [0.15, 0.2) is 12.3 Å². The van der Waals surface area contributed by atoms with E-state index in [-0.39, 0.29) is 0 Å². The fourth-order valence-electron chi connectivity index (χ4n) is 1.75. The van der Waals surface area contributed by atoms with Gasteiger partial charge in [0.15, 0.2) is 0 Å². The number of hydrogen-bond donors (Lipinski definition) is 1. The molecular formula is C9H15N3S. The van der Waals surface area contributed by atoms with Gasteiger partial charge in [-0.2, -0.15) is 4.37 Å². The van der Waals surface area contributed by atoms with E-state index in [1.807, 2.05) is 6.20 Å². The van der Waals surface area contributed by atoms with Crippen molar-refractivity contribution in [3.63, 3.8) is 0 Å². The van der Waals surface area contributed by atoms with Crippen LogP contribution in [0.4, 0.5) is 5.00 Å². The summed E-state index contributed by atoms with van der Waals surface area (Å²) in [5.74, 6) is 0. The second kappa shape index (κ2) is 3.27. The molecule has 2 N–H and O–H groups in total. The summed E-state index contributed by atoms with van der Waals surface area (Å²) in [5.41, 5.74) is 6.05. The Morgan fingerprint density at radius 2 is 2.62 bits per heavy atom. The monoisotopic (exact) mass is 197 g/mol. The van der Waals surface area contributed by atoms with Crippen molar-refractivity contribution in [2.24, 2.45) is 11.1 Å². The molecule has 2 heterocycles. The number of nitrogens with two attached hydrogens (primary N) is 1. The fraction of sp³-hybridized carbons (Fsp3) is 0.667. The molecule has 2 rings (SSSR count). The Bertz CT molecular complexity index is 272. The van der Waals surface area contributed by atoms with E-state index >= 15 is 0 Å². The molecule has 0 spiro atoms. The SMILES string of the molecule is CC1(CN)CCN(c2ccns2)C1. The van der Waals surface area contributed by atoms with Crippen molar-refractivity contribution in [1.29, 1.82) is 0 Å². The van der Waals surface area contributed by atoms with Gasteiger partial charge in [0.05, 0.1) is 0 Å². The van der Waals surface area contributed by atoms with Gasteiger partial charge in [0, 0.05) is 19.3 Å². The number of anilines is 1. The molecule has 0 bridgehead atoms. The van der Waals surface area contributed by atoms with Crippen molar-refractivity contribution < 1.29 is 0 Å². The molecule has 72 valence electrons. The molecule has 0 aromatic carbocycles. The fourth-order valence-corrected chi connectivity index (χ4v) is 2.37. The van der Waals surface area contributed by atoms with Crippen LogP contribution in [0.25, 0.3) is 0 Å². The molecule has 3 nitrogen and oxygen atoms in total. The Morgan fingerprint density at radius 1 is 1.77 bits per heavy atom. The summed E-state index contributed by atoms with van der Waals surface area (Å²) < 4.78 is 4.11. The van der Waals surface area contributed by atoms with Gasteiger partial charge in [-0.25, -0.2) is 0 Å². The molecule has 1 fully saturated rings. The minimum absolute atomic E-state index is 0.310. The summed E-state index contributed by atoms with van der Waals surface area (Å²) >= 11 is 1.57. The lowest BCUT2D eigenvalue weighted by Crippen LogP contribution is -2.30. The van der Waals surface area contributed by atoms with Gasteiger partial charge in [-0.15, -0.1) is 0 Å². The van der Waals surface area contributed by atoms with Crippen molar-refractivity contribution in [3.05, 3.63) is 12.3 Å². The average molecular weight is 197 g/mol. The standard InChI is InChI=1S/C9H15N3S/c1-9(6-10)3-5-12(7-9)8-2-4-11-13-8/h2,4H,3,5-7,10H2,1H3. The maximum Gasteiger partial charge on any atom is 0.111 e. The van der Waals surface area contributed by atoms with E-state index in [2.05, 4.69) is 22.3 Å². The van der Waals surface area contributed by atoms with Crippen LogP contribution < -0.4 is 10.6 Å². The molecular weight excluding hydrogens is 182 g/mol. The van der Waals surface area contributed by atoms with Crippen molar-refractivity contribution in [2.45, 2.75) is 13.3 Å². The van der Waals surface area contributed by atoms with Crippen molar-refractivity contribution in [1.82, 2.24) is 4.37 Å². The number of hydrogen-bond acceptors (Lipinski definition) is 4. The first-order valence-electron chi connectivity index (χ1n) is 4.59. The summed E-state index contributed by atoms with van der Waals surface area (Å²) in [6.07, 6.45) is 3.06. The molecule has 1 aliphatic rings. The summed E-state index contributed by atoms with van der Waals surface area (Å²) in [4.78, 5) is 2.38. The Hall–Kier alpha value is -0.610. The Balaban J connectivity index is 2.07. The van der Waals surface area contributed by atoms with Crippen LogP contribution in [-0.4, -0.2) is 24.0 Å². The second-order valence-electron chi connectivity index (χ2n) is 4.04. The Labute approximate surface area is 82.7 Å². The molecule has 1 aromatic rings.